The first-order valence-corrected chi connectivity index (χ1v) is 9.72. The average molecular weight is 376 g/mol. The molecule has 0 N–H and O–H groups in total. The molecule has 3 aromatic carbocycles. The molecular formula is C21H16N2O3S. The number of rotatable bonds is 3. The van der Waals surface area contributed by atoms with Crippen LogP contribution in [0.1, 0.15) is 22.8 Å². The van der Waals surface area contributed by atoms with Crippen molar-refractivity contribution in [2.75, 3.05) is 0 Å². The third kappa shape index (κ3) is 3.44. The van der Waals surface area contributed by atoms with Gasteiger partial charge in [-0.15, -0.1) is 0 Å². The van der Waals surface area contributed by atoms with Gasteiger partial charge in [0.15, 0.2) is 0 Å². The average Bonchev–Trinajstić information content (AvgIpc) is 2.86. The summed E-state index contributed by atoms with van der Waals surface area (Å²) in [5, 5.41) is 10.7. The molecule has 0 unspecified atom stereocenters. The maximum atomic E-state index is 13.3. The highest BCUT2D eigenvalue weighted by molar-refractivity contribution is 7.85. The number of nitro benzene ring substituents is 1. The normalized spacial score (nSPS) is 18.9. The SMILES string of the molecule is O=[N+]([O-])c1ccc(C2=Nc3ccccc3[S@](=O)[C@@H](c3ccccc3)C2)cc1. The lowest BCUT2D eigenvalue weighted by Gasteiger charge is -2.16. The molecule has 0 radical (unpaired) electrons. The first kappa shape index (κ1) is 17.3. The number of para-hydroxylation sites is 1. The number of hydrogen-bond donors (Lipinski definition) is 0. The zero-order valence-electron chi connectivity index (χ0n) is 14.3. The van der Waals surface area contributed by atoms with Gasteiger partial charge in [0.2, 0.25) is 0 Å². The molecule has 3 aromatic rings. The van der Waals surface area contributed by atoms with Gasteiger partial charge < -0.3 is 0 Å². The van der Waals surface area contributed by atoms with Gasteiger partial charge in [-0.25, -0.2) is 0 Å². The van der Waals surface area contributed by atoms with Crippen LogP contribution in [0.3, 0.4) is 0 Å². The molecule has 0 amide bonds. The summed E-state index contributed by atoms with van der Waals surface area (Å²) in [7, 11) is -1.25. The fourth-order valence-corrected chi connectivity index (χ4v) is 4.73. The van der Waals surface area contributed by atoms with Gasteiger partial charge in [0.05, 0.1) is 31.6 Å². The molecule has 1 aliphatic heterocycles. The number of benzene rings is 3. The number of aliphatic imine (C=N–C) groups is 1. The van der Waals surface area contributed by atoms with Crippen molar-refractivity contribution in [3.8, 4) is 0 Å². The summed E-state index contributed by atoms with van der Waals surface area (Å²) in [6.07, 6.45) is 0.489. The molecule has 0 saturated carbocycles. The predicted molar refractivity (Wildman–Crippen MR) is 106 cm³/mol. The van der Waals surface area contributed by atoms with E-state index in [2.05, 4.69) is 0 Å². The zero-order chi connectivity index (χ0) is 18.8. The van der Waals surface area contributed by atoms with Crippen molar-refractivity contribution in [2.24, 2.45) is 4.99 Å². The standard InChI is InChI=1S/C21H16N2O3S/c24-23(25)17-12-10-15(11-13-17)19-14-21(16-6-2-1-3-7-16)27(26)20-9-5-4-8-18(20)22-19/h1-13,21H,14H2/t21-,27+/m1/s1. The van der Waals surface area contributed by atoms with Crippen molar-refractivity contribution < 1.29 is 9.13 Å². The van der Waals surface area contributed by atoms with Crippen LogP contribution in [0, 0.1) is 10.1 Å². The molecular weight excluding hydrogens is 360 g/mol. The van der Waals surface area contributed by atoms with Crippen LogP contribution in [-0.2, 0) is 10.8 Å². The molecule has 1 heterocycles. The topological polar surface area (TPSA) is 72.6 Å². The second-order valence-corrected chi connectivity index (χ2v) is 7.83. The minimum Gasteiger partial charge on any atom is -0.258 e. The molecule has 5 nitrogen and oxygen atoms in total. The van der Waals surface area contributed by atoms with Crippen LogP contribution in [0.5, 0.6) is 0 Å². The van der Waals surface area contributed by atoms with E-state index in [9.17, 15) is 14.3 Å². The molecule has 0 saturated heterocycles. The van der Waals surface area contributed by atoms with Crippen LogP contribution in [-0.4, -0.2) is 14.8 Å². The summed E-state index contributed by atoms with van der Waals surface area (Å²) in [4.78, 5) is 16.0. The smallest absolute Gasteiger partial charge is 0.258 e. The van der Waals surface area contributed by atoms with Crippen molar-refractivity contribution in [1.82, 2.24) is 0 Å². The molecule has 134 valence electrons. The summed E-state index contributed by atoms with van der Waals surface area (Å²) in [6, 6.07) is 23.6. The minimum atomic E-state index is -1.25. The van der Waals surface area contributed by atoms with E-state index in [1.165, 1.54) is 12.1 Å². The van der Waals surface area contributed by atoms with Gasteiger partial charge in [0, 0.05) is 24.3 Å². The van der Waals surface area contributed by atoms with E-state index in [1.54, 1.807) is 12.1 Å². The molecule has 1 aliphatic rings. The van der Waals surface area contributed by atoms with E-state index >= 15 is 0 Å². The molecule has 27 heavy (non-hydrogen) atoms. The molecule has 4 rings (SSSR count). The van der Waals surface area contributed by atoms with Crippen LogP contribution in [0.15, 0.2) is 88.8 Å². The number of nitrogens with zero attached hydrogens (tertiary/aromatic N) is 2. The van der Waals surface area contributed by atoms with E-state index in [0.29, 0.717) is 17.0 Å². The maximum absolute atomic E-state index is 13.3. The van der Waals surface area contributed by atoms with Crippen LogP contribution >= 0.6 is 0 Å². The molecule has 0 bridgehead atoms. The zero-order valence-corrected chi connectivity index (χ0v) is 15.1. The Morgan fingerprint density at radius 1 is 0.926 bits per heavy atom. The Morgan fingerprint density at radius 2 is 1.59 bits per heavy atom. The van der Waals surface area contributed by atoms with Crippen LogP contribution < -0.4 is 0 Å². The van der Waals surface area contributed by atoms with Crippen molar-refractivity contribution in [2.45, 2.75) is 16.6 Å². The number of fused-ring (bicyclic) bond motifs is 1. The van der Waals surface area contributed by atoms with Gasteiger partial charge in [-0.05, 0) is 35.4 Å². The molecule has 0 aromatic heterocycles. The summed E-state index contributed by atoms with van der Waals surface area (Å²) < 4.78 is 13.3. The quantitative estimate of drug-likeness (QED) is 0.479. The highest BCUT2D eigenvalue weighted by atomic mass is 32.2. The Balaban J connectivity index is 1.82. The molecule has 0 spiro atoms. The van der Waals surface area contributed by atoms with Crippen LogP contribution in [0.2, 0.25) is 0 Å². The third-order valence-corrected chi connectivity index (χ3v) is 6.29. The lowest BCUT2D eigenvalue weighted by Crippen LogP contribution is -2.11. The van der Waals surface area contributed by atoms with E-state index in [0.717, 1.165) is 16.8 Å². The first-order chi connectivity index (χ1) is 13.1. The Kier molecular flexibility index (Phi) is 4.64. The van der Waals surface area contributed by atoms with E-state index in [4.69, 9.17) is 4.99 Å². The van der Waals surface area contributed by atoms with Crippen molar-refractivity contribution in [3.05, 3.63) is 100 Å². The second kappa shape index (κ2) is 7.25. The number of non-ortho nitro benzene ring substituents is 1. The van der Waals surface area contributed by atoms with Gasteiger partial charge >= 0.3 is 0 Å². The van der Waals surface area contributed by atoms with E-state index < -0.39 is 15.7 Å². The van der Waals surface area contributed by atoms with Gasteiger partial charge in [-0.3, -0.25) is 19.3 Å². The Bertz CT molecular complexity index is 1050. The summed E-state index contributed by atoms with van der Waals surface area (Å²) in [5.74, 6) is 0. The molecule has 0 aliphatic carbocycles. The van der Waals surface area contributed by atoms with Crippen molar-refractivity contribution in [3.63, 3.8) is 0 Å². The van der Waals surface area contributed by atoms with Gasteiger partial charge in [-0.1, -0.05) is 42.5 Å². The van der Waals surface area contributed by atoms with Crippen LogP contribution in [0.25, 0.3) is 0 Å². The summed E-state index contributed by atoms with van der Waals surface area (Å²) in [6.45, 7) is 0. The fourth-order valence-electron chi connectivity index (χ4n) is 3.18. The monoisotopic (exact) mass is 376 g/mol. The second-order valence-electron chi connectivity index (χ2n) is 6.23. The predicted octanol–water partition coefficient (Wildman–Crippen LogP) is 4.97. The minimum absolute atomic E-state index is 0.0385. The Labute approximate surface area is 159 Å². The van der Waals surface area contributed by atoms with E-state index in [1.807, 2.05) is 54.6 Å². The fraction of sp³-hybridized carbons (Fsp3) is 0.0952. The molecule has 6 heteroatoms. The van der Waals surface area contributed by atoms with Gasteiger partial charge in [0.1, 0.15) is 0 Å². The third-order valence-electron chi connectivity index (χ3n) is 4.56. The largest absolute Gasteiger partial charge is 0.269 e. The van der Waals surface area contributed by atoms with Gasteiger partial charge in [0.25, 0.3) is 5.69 Å². The first-order valence-electron chi connectivity index (χ1n) is 8.50. The summed E-state index contributed by atoms with van der Waals surface area (Å²) >= 11 is 0. The maximum Gasteiger partial charge on any atom is 0.269 e. The number of hydrogen-bond acceptors (Lipinski definition) is 4. The molecule has 2 atom stereocenters. The molecule has 0 fully saturated rings. The van der Waals surface area contributed by atoms with Crippen molar-refractivity contribution in [1.29, 1.82) is 0 Å². The lowest BCUT2D eigenvalue weighted by atomic mass is 10.0. The highest BCUT2D eigenvalue weighted by Gasteiger charge is 2.28. The van der Waals surface area contributed by atoms with Crippen molar-refractivity contribution >= 4 is 27.9 Å². The van der Waals surface area contributed by atoms with Crippen LogP contribution in [0.4, 0.5) is 11.4 Å². The highest BCUT2D eigenvalue weighted by Crippen LogP contribution is 2.38. The van der Waals surface area contributed by atoms with E-state index in [-0.39, 0.29) is 10.9 Å². The summed E-state index contributed by atoms with van der Waals surface area (Å²) in [5.41, 5.74) is 3.29. The number of nitro groups is 1. The van der Waals surface area contributed by atoms with Gasteiger partial charge in [-0.2, -0.15) is 0 Å². The Morgan fingerprint density at radius 3 is 2.30 bits per heavy atom. The lowest BCUT2D eigenvalue weighted by molar-refractivity contribution is -0.384. The Hall–Kier alpha value is -3.12.